The highest BCUT2D eigenvalue weighted by Gasteiger charge is 2.66. The zero-order valence-electron chi connectivity index (χ0n) is 14.9. The molecule has 2 amide bonds. The normalized spacial score (nSPS) is 30.8. The van der Waals surface area contributed by atoms with Gasteiger partial charge in [0.2, 0.25) is 11.8 Å². The SMILES string of the molecule is Cc1nnnn1-c1cccc(NC(=O)[C@H]2[C@@H]3C=C[C@@]4(CN(C)C(=O)[C@@H]24)O3)c1. The van der Waals surface area contributed by atoms with E-state index in [1.807, 2.05) is 24.3 Å². The molecule has 0 saturated carbocycles. The van der Waals surface area contributed by atoms with Gasteiger partial charge < -0.3 is 15.0 Å². The number of benzene rings is 1. The molecule has 2 aromatic rings. The average Bonchev–Trinajstić information content (AvgIpc) is 3.37. The van der Waals surface area contributed by atoms with Crippen molar-refractivity contribution in [1.29, 1.82) is 0 Å². The van der Waals surface area contributed by atoms with Crippen molar-refractivity contribution in [2.24, 2.45) is 11.8 Å². The lowest BCUT2D eigenvalue weighted by Gasteiger charge is -2.23. The van der Waals surface area contributed by atoms with Gasteiger partial charge in [0.15, 0.2) is 5.82 Å². The second-order valence-corrected chi connectivity index (χ2v) is 7.27. The van der Waals surface area contributed by atoms with E-state index in [9.17, 15) is 9.59 Å². The van der Waals surface area contributed by atoms with Gasteiger partial charge in [0.05, 0.1) is 30.2 Å². The van der Waals surface area contributed by atoms with E-state index in [-0.39, 0.29) is 17.9 Å². The summed E-state index contributed by atoms with van der Waals surface area (Å²) in [6.45, 7) is 2.28. The number of likely N-dealkylation sites (N-methyl/N-ethyl adjacent to an activating group) is 1. The van der Waals surface area contributed by atoms with E-state index in [1.165, 1.54) is 0 Å². The summed E-state index contributed by atoms with van der Waals surface area (Å²) in [5.74, 6) is -0.620. The molecule has 0 aliphatic carbocycles. The van der Waals surface area contributed by atoms with Crippen molar-refractivity contribution in [3.05, 3.63) is 42.2 Å². The molecule has 138 valence electrons. The van der Waals surface area contributed by atoms with E-state index in [4.69, 9.17) is 4.74 Å². The van der Waals surface area contributed by atoms with Crippen LogP contribution < -0.4 is 5.32 Å². The van der Waals surface area contributed by atoms with E-state index < -0.39 is 17.4 Å². The zero-order chi connectivity index (χ0) is 18.8. The number of amides is 2. The van der Waals surface area contributed by atoms with Gasteiger partial charge in [-0.25, -0.2) is 0 Å². The maximum Gasteiger partial charge on any atom is 0.231 e. The first kappa shape index (κ1) is 16.1. The molecule has 1 N–H and O–H groups in total. The summed E-state index contributed by atoms with van der Waals surface area (Å²) in [6, 6.07) is 7.26. The number of tetrazole rings is 1. The van der Waals surface area contributed by atoms with Crippen LogP contribution in [0.1, 0.15) is 5.82 Å². The van der Waals surface area contributed by atoms with E-state index >= 15 is 0 Å². The lowest BCUT2D eigenvalue weighted by molar-refractivity contribution is -0.134. The number of rotatable bonds is 3. The summed E-state index contributed by atoms with van der Waals surface area (Å²) in [5.41, 5.74) is 0.698. The lowest BCUT2D eigenvalue weighted by atomic mass is 9.77. The van der Waals surface area contributed by atoms with Crippen LogP contribution in [0.25, 0.3) is 5.69 Å². The van der Waals surface area contributed by atoms with Crippen LogP contribution in [0.2, 0.25) is 0 Å². The van der Waals surface area contributed by atoms with E-state index in [1.54, 1.807) is 35.7 Å². The lowest BCUT2D eigenvalue weighted by Crippen LogP contribution is -2.41. The smallest absolute Gasteiger partial charge is 0.231 e. The van der Waals surface area contributed by atoms with Gasteiger partial charge in [-0.1, -0.05) is 18.2 Å². The number of aromatic nitrogens is 4. The first-order valence-electron chi connectivity index (χ1n) is 8.77. The van der Waals surface area contributed by atoms with Crippen LogP contribution in [0.3, 0.4) is 0 Å². The Labute approximate surface area is 155 Å². The molecule has 27 heavy (non-hydrogen) atoms. The Bertz CT molecular complexity index is 985. The second-order valence-electron chi connectivity index (χ2n) is 7.27. The molecule has 1 spiro atoms. The van der Waals surface area contributed by atoms with Crippen LogP contribution in [0.15, 0.2) is 36.4 Å². The summed E-state index contributed by atoms with van der Waals surface area (Å²) in [6.07, 6.45) is 3.47. The van der Waals surface area contributed by atoms with Gasteiger partial charge in [-0.15, -0.1) is 5.10 Å². The summed E-state index contributed by atoms with van der Waals surface area (Å²) in [7, 11) is 1.74. The molecule has 4 heterocycles. The Morgan fingerprint density at radius 1 is 1.41 bits per heavy atom. The molecule has 3 aliphatic rings. The van der Waals surface area contributed by atoms with E-state index in [0.717, 1.165) is 5.69 Å². The minimum absolute atomic E-state index is 0.0416. The molecule has 2 fully saturated rings. The summed E-state index contributed by atoms with van der Waals surface area (Å²) < 4.78 is 7.62. The van der Waals surface area contributed by atoms with Crippen LogP contribution in [-0.4, -0.2) is 62.2 Å². The van der Waals surface area contributed by atoms with Crippen LogP contribution in [0.5, 0.6) is 0 Å². The molecule has 1 aromatic heterocycles. The first-order valence-corrected chi connectivity index (χ1v) is 8.77. The third kappa shape index (κ3) is 2.24. The molecular formula is C18H18N6O3. The highest BCUT2D eigenvalue weighted by atomic mass is 16.5. The van der Waals surface area contributed by atoms with Crippen LogP contribution in [-0.2, 0) is 14.3 Å². The highest BCUT2D eigenvalue weighted by Crippen LogP contribution is 2.51. The van der Waals surface area contributed by atoms with Gasteiger partial charge in [0.25, 0.3) is 0 Å². The van der Waals surface area contributed by atoms with E-state index in [0.29, 0.717) is 18.1 Å². The number of carbonyl (C=O) groups is 2. The number of anilines is 1. The number of aryl methyl sites for hydroxylation is 1. The van der Waals surface area contributed by atoms with Crippen molar-refractivity contribution in [3.63, 3.8) is 0 Å². The van der Waals surface area contributed by atoms with Crippen molar-refractivity contribution < 1.29 is 14.3 Å². The zero-order valence-corrected chi connectivity index (χ0v) is 14.9. The summed E-state index contributed by atoms with van der Waals surface area (Å²) >= 11 is 0. The summed E-state index contributed by atoms with van der Waals surface area (Å²) in [5, 5.41) is 14.4. The molecule has 2 bridgehead atoms. The van der Waals surface area contributed by atoms with Crippen molar-refractivity contribution in [2.45, 2.75) is 18.6 Å². The Morgan fingerprint density at radius 3 is 3.04 bits per heavy atom. The van der Waals surface area contributed by atoms with Gasteiger partial charge in [0, 0.05) is 12.7 Å². The van der Waals surface area contributed by atoms with Gasteiger partial charge in [-0.05, 0) is 35.5 Å². The van der Waals surface area contributed by atoms with Crippen molar-refractivity contribution in [3.8, 4) is 5.69 Å². The predicted molar refractivity (Wildman–Crippen MR) is 93.9 cm³/mol. The van der Waals surface area contributed by atoms with Gasteiger partial charge in [-0.2, -0.15) is 4.68 Å². The van der Waals surface area contributed by atoms with Crippen LogP contribution >= 0.6 is 0 Å². The third-order valence-corrected chi connectivity index (χ3v) is 5.58. The number of fused-ring (bicyclic) bond motifs is 1. The number of ether oxygens (including phenoxy) is 1. The molecule has 2 saturated heterocycles. The van der Waals surface area contributed by atoms with Crippen LogP contribution in [0, 0.1) is 18.8 Å². The van der Waals surface area contributed by atoms with Gasteiger partial charge in [-0.3, -0.25) is 9.59 Å². The number of hydrogen-bond acceptors (Lipinski definition) is 6. The monoisotopic (exact) mass is 366 g/mol. The molecule has 9 nitrogen and oxygen atoms in total. The quantitative estimate of drug-likeness (QED) is 0.785. The Hall–Kier alpha value is -3.07. The average molecular weight is 366 g/mol. The maximum absolute atomic E-state index is 13.0. The maximum atomic E-state index is 13.0. The Kier molecular flexibility index (Phi) is 3.26. The topological polar surface area (TPSA) is 102 Å². The molecule has 3 aliphatic heterocycles. The number of hydrogen-bond donors (Lipinski definition) is 1. The summed E-state index contributed by atoms with van der Waals surface area (Å²) in [4.78, 5) is 27.2. The molecular weight excluding hydrogens is 348 g/mol. The fourth-order valence-electron chi connectivity index (χ4n) is 4.40. The molecule has 4 atom stereocenters. The first-order chi connectivity index (χ1) is 13.0. The molecule has 5 rings (SSSR count). The second kappa shape index (κ2) is 5.46. The largest absolute Gasteiger partial charge is 0.360 e. The van der Waals surface area contributed by atoms with Crippen LogP contribution in [0.4, 0.5) is 5.69 Å². The number of likely N-dealkylation sites (tertiary alicyclic amines) is 1. The third-order valence-electron chi connectivity index (χ3n) is 5.58. The predicted octanol–water partition coefficient (Wildman–Crippen LogP) is 0.321. The molecule has 1 aromatic carbocycles. The van der Waals surface area contributed by atoms with Crippen molar-refractivity contribution >= 4 is 17.5 Å². The number of carbonyl (C=O) groups excluding carboxylic acids is 2. The van der Waals surface area contributed by atoms with Gasteiger partial charge in [0.1, 0.15) is 5.60 Å². The Morgan fingerprint density at radius 2 is 2.26 bits per heavy atom. The van der Waals surface area contributed by atoms with E-state index in [2.05, 4.69) is 20.8 Å². The molecule has 0 unspecified atom stereocenters. The Balaban J connectivity index is 1.41. The molecule has 0 radical (unpaired) electrons. The fraction of sp³-hybridized carbons (Fsp3) is 0.389. The number of nitrogens with zero attached hydrogens (tertiary/aromatic N) is 5. The van der Waals surface area contributed by atoms with Gasteiger partial charge >= 0.3 is 0 Å². The fourth-order valence-corrected chi connectivity index (χ4v) is 4.40. The highest BCUT2D eigenvalue weighted by molar-refractivity contribution is 5.99. The van der Waals surface area contributed by atoms with Crippen molar-refractivity contribution in [1.82, 2.24) is 25.1 Å². The van der Waals surface area contributed by atoms with Crippen molar-refractivity contribution in [2.75, 3.05) is 18.9 Å². The minimum Gasteiger partial charge on any atom is -0.360 e. The molecule has 9 heteroatoms. The standard InChI is InChI=1S/C18H18N6O3/c1-10-20-21-22-24(10)12-5-3-4-11(8-12)19-16(25)14-13-6-7-18(27-13)9-23(2)17(26)15(14)18/h3-8,13-15H,9H2,1-2H3,(H,19,25)/t13-,14-,15+,18-/m0/s1. The number of nitrogens with one attached hydrogen (secondary N) is 1. The minimum atomic E-state index is -0.663.